The molecular weight excluding hydrogens is 437 g/mol. The summed E-state index contributed by atoms with van der Waals surface area (Å²) in [7, 11) is -3.82. The fourth-order valence-corrected chi connectivity index (χ4v) is 6.55. The predicted octanol–water partition coefficient (Wildman–Crippen LogP) is 5.15. The third kappa shape index (κ3) is 3.26. The number of thiazole rings is 1. The Morgan fingerprint density at radius 3 is 2.71 bits per heavy atom. The normalized spacial score (nSPS) is 14.2. The molecule has 1 aliphatic heterocycles. The Bertz CT molecular complexity index is 1180. The lowest BCUT2D eigenvalue weighted by atomic mass is 10.00. The van der Waals surface area contributed by atoms with Crippen LogP contribution in [0.5, 0.6) is 0 Å². The van der Waals surface area contributed by atoms with E-state index in [1.807, 2.05) is 25.1 Å². The zero-order chi connectivity index (χ0) is 20.1. The summed E-state index contributed by atoms with van der Waals surface area (Å²) in [6.07, 6.45) is 1.52. The van der Waals surface area contributed by atoms with Crippen molar-refractivity contribution < 1.29 is 8.42 Å². The van der Waals surface area contributed by atoms with Crippen molar-refractivity contribution in [2.45, 2.75) is 24.7 Å². The number of rotatable bonds is 3. The van der Waals surface area contributed by atoms with Crippen LogP contribution < -0.4 is 10.0 Å². The smallest absolute Gasteiger partial charge is 0.265 e. The molecule has 5 nitrogen and oxygen atoms in total. The lowest BCUT2D eigenvalue weighted by Gasteiger charge is -2.31. The van der Waals surface area contributed by atoms with Crippen LogP contribution in [0.2, 0.25) is 10.0 Å². The Morgan fingerprint density at radius 2 is 2.00 bits per heavy atom. The van der Waals surface area contributed by atoms with E-state index in [-0.39, 0.29) is 14.9 Å². The molecule has 3 aromatic rings. The van der Waals surface area contributed by atoms with Crippen molar-refractivity contribution in [3.8, 4) is 10.4 Å². The molecule has 0 amide bonds. The van der Waals surface area contributed by atoms with Crippen LogP contribution in [0.1, 0.15) is 17.7 Å². The van der Waals surface area contributed by atoms with Gasteiger partial charge in [0.2, 0.25) is 0 Å². The quantitative estimate of drug-likeness (QED) is 0.594. The van der Waals surface area contributed by atoms with Crippen LogP contribution in [0.4, 0.5) is 10.8 Å². The van der Waals surface area contributed by atoms with Gasteiger partial charge in [0, 0.05) is 6.54 Å². The largest absolute Gasteiger partial charge is 0.375 e. The summed E-state index contributed by atoms with van der Waals surface area (Å²) in [4.78, 5) is 5.29. The van der Waals surface area contributed by atoms with Gasteiger partial charge in [0.25, 0.3) is 10.0 Å². The van der Waals surface area contributed by atoms with Gasteiger partial charge in [-0.2, -0.15) is 0 Å². The maximum absolute atomic E-state index is 13.3. The molecule has 0 saturated carbocycles. The fourth-order valence-electron chi connectivity index (χ4n) is 3.44. The molecule has 0 fully saturated rings. The monoisotopic (exact) mass is 453 g/mol. The molecule has 0 spiro atoms. The summed E-state index contributed by atoms with van der Waals surface area (Å²) in [5, 5.41) is 0.780. The maximum Gasteiger partial charge on any atom is 0.265 e. The molecule has 1 aliphatic rings. The van der Waals surface area contributed by atoms with Gasteiger partial charge in [0.05, 0.1) is 26.3 Å². The molecule has 2 aromatic carbocycles. The zero-order valence-corrected chi connectivity index (χ0v) is 18.1. The number of halogens is 2. The van der Waals surface area contributed by atoms with Crippen LogP contribution >= 0.6 is 34.5 Å². The third-order valence-corrected chi connectivity index (χ3v) is 8.54. The summed E-state index contributed by atoms with van der Waals surface area (Å²) in [5.74, 6) is 0. The second-order valence-corrected chi connectivity index (χ2v) is 10.2. The van der Waals surface area contributed by atoms with E-state index in [4.69, 9.17) is 28.9 Å². The van der Waals surface area contributed by atoms with Gasteiger partial charge in [-0.15, -0.1) is 0 Å². The highest BCUT2D eigenvalue weighted by molar-refractivity contribution is 7.93. The first kappa shape index (κ1) is 19.5. The van der Waals surface area contributed by atoms with Crippen molar-refractivity contribution in [3.05, 3.63) is 57.7 Å². The average molecular weight is 454 g/mol. The zero-order valence-electron chi connectivity index (χ0n) is 14.9. The summed E-state index contributed by atoms with van der Waals surface area (Å²) >= 11 is 13.7. The van der Waals surface area contributed by atoms with Crippen LogP contribution in [0.15, 0.2) is 41.3 Å². The summed E-state index contributed by atoms with van der Waals surface area (Å²) in [5.41, 5.74) is 9.32. The molecule has 2 heterocycles. The molecule has 28 heavy (non-hydrogen) atoms. The molecule has 0 atom stereocenters. The van der Waals surface area contributed by atoms with Gasteiger partial charge in [0.15, 0.2) is 5.13 Å². The first-order valence-electron chi connectivity index (χ1n) is 8.62. The Kier molecular flexibility index (Phi) is 5.03. The van der Waals surface area contributed by atoms with Gasteiger partial charge < -0.3 is 5.73 Å². The minimum Gasteiger partial charge on any atom is -0.375 e. The first-order chi connectivity index (χ1) is 13.3. The topological polar surface area (TPSA) is 76.3 Å². The molecule has 0 saturated heterocycles. The first-order valence-corrected chi connectivity index (χ1v) is 11.6. The molecule has 1 aromatic heterocycles. The van der Waals surface area contributed by atoms with E-state index in [0.29, 0.717) is 17.4 Å². The minimum atomic E-state index is -3.82. The van der Waals surface area contributed by atoms with Gasteiger partial charge in [-0.25, -0.2) is 13.4 Å². The molecule has 0 bridgehead atoms. The minimum absolute atomic E-state index is 0.0182. The van der Waals surface area contributed by atoms with Crippen LogP contribution in [0.3, 0.4) is 0 Å². The van der Waals surface area contributed by atoms with Gasteiger partial charge >= 0.3 is 0 Å². The van der Waals surface area contributed by atoms with E-state index in [9.17, 15) is 8.42 Å². The molecule has 0 aliphatic carbocycles. The highest BCUT2D eigenvalue weighted by Gasteiger charge is 2.31. The SMILES string of the molecule is Cc1nc(N)sc1-c1ccc2c(c1)CCCN2S(=O)(=O)c1cccc(Cl)c1Cl. The number of nitrogens with two attached hydrogens (primary N) is 1. The maximum atomic E-state index is 13.3. The predicted molar refractivity (Wildman–Crippen MR) is 116 cm³/mol. The van der Waals surface area contributed by atoms with Gasteiger partial charge in [-0.3, -0.25) is 4.31 Å². The van der Waals surface area contributed by atoms with Gasteiger partial charge in [-0.05, 0) is 55.2 Å². The molecule has 4 rings (SSSR count). The van der Waals surface area contributed by atoms with E-state index in [0.717, 1.165) is 34.5 Å². The number of nitrogen functional groups attached to an aromatic ring is 1. The third-order valence-electron chi connectivity index (χ3n) is 4.72. The van der Waals surface area contributed by atoms with Gasteiger partial charge in [-0.1, -0.05) is 46.7 Å². The van der Waals surface area contributed by atoms with E-state index in [1.54, 1.807) is 12.1 Å². The van der Waals surface area contributed by atoms with Crippen LogP contribution in [-0.2, 0) is 16.4 Å². The number of anilines is 2. The molecule has 2 N–H and O–H groups in total. The van der Waals surface area contributed by atoms with Crippen molar-refractivity contribution in [3.63, 3.8) is 0 Å². The van der Waals surface area contributed by atoms with E-state index in [1.165, 1.54) is 21.7 Å². The van der Waals surface area contributed by atoms with E-state index < -0.39 is 10.0 Å². The Balaban J connectivity index is 1.79. The molecule has 146 valence electrons. The van der Waals surface area contributed by atoms with Gasteiger partial charge in [0.1, 0.15) is 4.90 Å². The van der Waals surface area contributed by atoms with Crippen molar-refractivity contribution >= 4 is 55.4 Å². The van der Waals surface area contributed by atoms with Crippen molar-refractivity contribution in [2.75, 3.05) is 16.6 Å². The molecule has 9 heteroatoms. The molecule has 0 unspecified atom stereocenters. The number of benzene rings is 2. The highest BCUT2D eigenvalue weighted by atomic mass is 35.5. The molecular formula is C19H17Cl2N3O2S2. The van der Waals surface area contributed by atoms with Crippen LogP contribution in [0.25, 0.3) is 10.4 Å². The number of aromatic nitrogens is 1. The Labute approximate surface area is 177 Å². The highest BCUT2D eigenvalue weighted by Crippen LogP contribution is 2.39. The summed E-state index contributed by atoms with van der Waals surface area (Å²) in [6.45, 7) is 2.31. The van der Waals surface area contributed by atoms with Crippen LogP contribution in [0, 0.1) is 6.92 Å². The molecule has 0 radical (unpaired) electrons. The Hall–Kier alpha value is -1.80. The van der Waals surface area contributed by atoms with Crippen LogP contribution in [-0.4, -0.2) is 19.9 Å². The number of hydrogen-bond donors (Lipinski definition) is 1. The number of sulfonamides is 1. The van der Waals surface area contributed by atoms with Crippen molar-refractivity contribution in [1.82, 2.24) is 4.98 Å². The lowest BCUT2D eigenvalue weighted by Crippen LogP contribution is -2.35. The average Bonchev–Trinajstić information content (AvgIpc) is 3.01. The van der Waals surface area contributed by atoms with E-state index in [2.05, 4.69) is 4.98 Å². The fraction of sp³-hybridized carbons (Fsp3) is 0.211. The number of aryl methyl sites for hydroxylation is 2. The standard InChI is InChI=1S/C19H17Cl2N3O2S2/c1-11-18(27-19(22)23-11)13-7-8-15-12(10-13)4-3-9-24(15)28(25,26)16-6-2-5-14(20)17(16)21/h2,5-8,10H,3-4,9H2,1H3,(H2,22,23). The number of fused-ring (bicyclic) bond motifs is 1. The second-order valence-electron chi connectivity index (χ2n) is 6.54. The van der Waals surface area contributed by atoms with Crippen molar-refractivity contribution in [1.29, 1.82) is 0 Å². The summed E-state index contributed by atoms with van der Waals surface area (Å²) in [6, 6.07) is 10.4. The summed E-state index contributed by atoms with van der Waals surface area (Å²) < 4.78 is 28.0. The van der Waals surface area contributed by atoms with Crippen molar-refractivity contribution in [2.24, 2.45) is 0 Å². The number of hydrogen-bond acceptors (Lipinski definition) is 5. The van der Waals surface area contributed by atoms with E-state index >= 15 is 0 Å². The Morgan fingerprint density at radius 1 is 1.21 bits per heavy atom. The second kappa shape index (κ2) is 7.22. The number of nitrogens with zero attached hydrogens (tertiary/aromatic N) is 2. The lowest BCUT2D eigenvalue weighted by molar-refractivity contribution is 0.586.